The number of furan rings is 1. The molecule has 1 fully saturated rings. The molecule has 0 amide bonds. The molecule has 0 radical (unpaired) electrons. The molecule has 0 aliphatic heterocycles. The van der Waals surface area contributed by atoms with Gasteiger partial charge in [0.25, 0.3) is 0 Å². The monoisotopic (exact) mass is 201 g/mol. The quantitative estimate of drug-likeness (QED) is 0.811. The summed E-state index contributed by atoms with van der Waals surface area (Å²) in [4.78, 5) is 0. The Kier molecular flexibility index (Phi) is 1.71. The van der Waals surface area contributed by atoms with E-state index in [1.54, 1.807) is 0 Å². The van der Waals surface area contributed by atoms with E-state index in [4.69, 9.17) is 10.2 Å². The van der Waals surface area contributed by atoms with Gasteiger partial charge in [-0.05, 0) is 43.9 Å². The molecule has 1 aliphatic rings. The molecular formula is C13H15NO. The molecule has 2 N–H and O–H groups in total. The molecule has 1 heterocycles. The summed E-state index contributed by atoms with van der Waals surface area (Å²) in [5.74, 6) is 0.972. The summed E-state index contributed by atoms with van der Waals surface area (Å²) in [6.07, 6.45) is 3.28. The van der Waals surface area contributed by atoms with E-state index in [1.165, 1.54) is 10.9 Å². The minimum atomic E-state index is 0.0689. The van der Waals surface area contributed by atoms with E-state index in [9.17, 15) is 0 Å². The van der Waals surface area contributed by atoms with Crippen molar-refractivity contribution in [3.8, 4) is 0 Å². The van der Waals surface area contributed by atoms with Crippen molar-refractivity contribution in [3.05, 3.63) is 35.6 Å². The number of aryl methyl sites for hydroxylation is 1. The van der Waals surface area contributed by atoms with Crippen molar-refractivity contribution in [2.24, 2.45) is 5.73 Å². The largest absolute Gasteiger partial charge is 0.461 e. The Morgan fingerprint density at radius 2 is 2.20 bits per heavy atom. The molecule has 3 rings (SSSR count). The van der Waals surface area contributed by atoms with Crippen LogP contribution in [-0.4, -0.2) is 5.54 Å². The molecule has 1 saturated carbocycles. The van der Waals surface area contributed by atoms with Gasteiger partial charge in [0.1, 0.15) is 11.3 Å². The Labute approximate surface area is 89.1 Å². The van der Waals surface area contributed by atoms with Gasteiger partial charge in [0, 0.05) is 10.9 Å². The number of benzene rings is 1. The first kappa shape index (κ1) is 8.98. The van der Waals surface area contributed by atoms with Crippen molar-refractivity contribution in [1.82, 2.24) is 0 Å². The Hall–Kier alpha value is -1.28. The third-order valence-corrected chi connectivity index (χ3v) is 3.21. The fourth-order valence-corrected chi connectivity index (χ4v) is 2.12. The van der Waals surface area contributed by atoms with E-state index < -0.39 is 0 Å². The molecule has 78 valence electrons. The van der Waals surface area contributed by atoms with Gasteiger partial charge in [-0.2, -0.15) is 0 Å². The highest BCUT2D eigenvalue weighted by molar-refractivity contribution is 5.81. The summed E-state index contributed by atoms with van der Waals surface area (Å²) in [6, 6.07) is 8.33. The van der Waals surface area contributed by atoms with Crippen molar-refractivity contribution in [1.29, 1.82) is 0 Å². The predicted octanol–water partition coefficient (Wildman–Crippen LogP) is 2.78. The van der Waals surface area contributed by atoms with Gasteiger partial charge in [-0.25, -0.2) is 0 Å². The van der Waals surface area contributed by atoms with E-state index in [0.29, 0.717) is 0 Å². The van der Waals surface area contributed by atoms with Crippen LogP contribution >= 0.6 is 0 Å². The summed E-state index contributed by atoms with van der Waals surface area (Å²) in [5, 5.41) is 1.23. The van der Waals surface area contributed by atoms with Crippen molar-refractivity contribution < 1.29 is 4.42 Å². The zero-order chi connectivity index (χ0) is 10.5. The lowest BCUT2D eigenvalue weighted by atomic mass is 10.0. The van der Waals surface area contributed by atoms with Crippen LogP contribution in [0.5, 0.6) is 0 Å². The van der Waals surface area contributed by atoms with Crippen molar-refractivity contribution in [2.75, 3.05) is 0 Å². The van der Waals surface area contributed by atoms with Crippen molar-refractivity contribution in [2.45, 2.75) is 31.7 Å². The Morgan fingerprint density at radius 1 is 1.40 bits per heavy atom. The first-order valence-corrected chi connectivity index (χ1v) is 5.43. The molecule has 1 aromatic heterocycles. The first-order valence-electron chi connectivity index (χ1n) is 5.43. The second-order valence-electron chi connectivity index (χ2n) is 4.73. The molecule has 1 aromatic carbocycles. The number of fused-ring (bicyclic) bond motifs is 1. The molecule has 2 nitrogen and oxygen atoms in total. The van der Waals surface area contributed by atoms with Gasteiger partial charge in [0.15, 0.2) is 0 Å². The lowest BCUT2D eigenvalue weighted by molar-refractivity contribution is 0.578. The zero-order valence-corrected chi connectivity index (χ0v) is 8.92. The van der Waals surface area contributed by atoms with Crippen LogP contribution in [0.4, 0.5) is 0 Å². The van der Waals surface area contributed by atoms with E-state index in [0.717, 1.165) is 30.6 Å². The van der Waals surface area contributed by atoms with Crippen LogP contribution in [0.15, 0.2) is 28.7 Å². The van der Waals surface area contributed by atoms with E-state index >= 15 is 0 Å². The van der Waals surface area contributed by atoms with Gasteiger partial charge in [-0.15, -0.1) is 0 Å². The van der Waals surface area contributed by atoms with Gasteiger partial charge < -0.3 is 10.2 Å². The number of hydrogen-bond donors (Lipinski definition) is 1. The second-order valence-corrected chi connectivity index (χ2v) is 4.73. The fourth-order valence-electron chi connectivity index (χ4n) is 2.12. The summed E-state index contributed by atoms with van der Waals surface area (Å²) >= 11 is 0. The van der Waals surface area contributed by atoms with Crippen molar-refractivity contribution in [3.63, 3.8) is 0 Å². The smallest absolute Gasteiger partial charge is 0.134 e. The third-order valence-electron chi connectivity index (χ3n) is 3.21. The van der Waals surface area contributed by atoms with Crippen LogP contribution < -0.4 is 5.73 Å². The molecule has 2 aromatic rings. The summed E-state index contributed by atoms with van der Waals surface area (Å²) in [7, 11) is 0. The van der Waals surface area contributed by atoms with Crippen LogP contribution in [0.2, 0.25) is 0 Å². The van der Waals surface area contributed by atoms with Gasteiger partial charge >= 0.3 is 0 Å². The minimum Gasteiger partial charge on any atom is -0.461 e. The molecule has 0 spiro atoms. The molecule has 0 unspecified atom stereocenters. The second kappa shape index (κ2) is 2.86. The summed E-state index contributed by atoms with van der Waals surface area (Å²) in [5.41, 5.74) is 8.52. The van der Waals surface area contributed by atoms with Gasteiger partial charge in [0.05, 0.1) is 0 Å². The van der Waals surface area contributed by atoms with Crippen LogP contribution in [0, 0.1) is 6.92 Å². The highest BCUT2D eigenvalue weighted by Gasteiger charge is 2.38. The maximum absolute atomic E-state index is 6.15. The SMILES string of the molecule is Cc1cc2c(CC3(N)CC3)cccc2o1. The van der Waals surface area contributed by atoms with Crippen LogP contribution in [0.1, 0.15) is 24.2 Å². The molecule has 0 bridgehead atoms. The number of nitrogens with two attached hydrogens (primary N) is 1. The lowest BCUT2D eigenvalue weighted by Gasteiger charge is -2.08. The third kappa shape index (κ3) is 1.55. The van der Waals surface area contributed by atoms with Crippen LogP contribution in [-0.2, 0) is 6.42 Å². The Bertz CT molecular complexity index is 508. The maximum Gasteiger partial charge on any atom is 0.134 e. The van der Waals surface area contributed by atoms with Crippen LogP contribution in [0.25, 0.3) is 11.0 Å². The van der Waals surface area contributed by atoms with E-state index in [2.05, 4.69) is 12.1 Å². The highest BCUT2D eigenvalue weighted by atomic mass is 16.3. The topological polar surface area (TPSA) is 39.2 Å². The van der Waals surface area contributed by atoms with Crippen molar-refractivity contribution >= 4 is 11.0 Å². The minimum absolute atomic E-state index is 0.0689. The summed E-state index contributed by atoms with van der Waals surface area (Å²) < 4.78 is 5.60. The molecular weight excluding hydrogens is 186 g/mol. The lowest BCUT2D eigenvalue weighted by Crippen LogP contribution is -2.24. The number of hydrogen-bond acceptors (Lipinski definition) is 2. The van der Waals surface area contributed by atoms with Gasteiger partial charge in [-0.1, -0.05) is 12.1 Å². The summed E-state index contributed by atoms with van der Waals surface area (Å²) in [6.45, 7) is 1.99. The zero-order valence-electron chi connectivity index (χ0n) is 8.92. The van der Waals surface area contributed by atoms with E-state index in [-0.39, 0.29) is 5.54 Å². The Balaban J connectivity index is 2.08. The molecule has 2 heteroatoms. The molecule has 15 heavy (non-hydrogen) atoms. The maximum atomic E-state index is 6.15. The fraction of sp³-hybridized carbons (Fsp3) is 0.385. The molecule has 0 saturated heterocycles. The van der Waals surface area contributed by atoms with Gasteiger partial charge in [-0.3, -0.25) is 0 Å². The number of rotatable bonds is 2. The van der Waals surface area contributed by atoms with E-state index in [1.807, 2.05) is 19.1 Å². The average molecular weight is 201 g/mol. The normalized spacial score (nSPS) is 18.3. The average Bonchev–Trinajstić information content (AvgIpc) is 2.76. The van der Waals surface area contributed by atoms with Gasteiger partial charge in [0.2, 0.25) is 0 Å². The van der Waals surface area contributed by atoms with Crippen LogP contribution in [0.3, 0.4) is 0 Å². The highest BCUT2D eigenvalue weighted by Crippen LogP contribution is 2.37. The Morgan fingerprint density at radius 3 is 2.93 bits per heavy atom. The molecule has 1 aliphatic carbocycles. The molecule has 0 atom stereocenters. The first-order chi connectivity index (χ1) is 7.16. The predicted molar refractivity (Wildman–Crippen MR) is 60.8 cm³/mol. The standard InChI is InChI=1S/C13H15NO/c1-9-7-11-10(8-13(14)5-6-13)3-2-4-12(11)15-9/h2-4,7H,5-6,8,14H2,1H3.